The molecule has 44 heavy (non-hydrogen) atoms. The molecule has 3 heterocycles. The molecule has 4 rings (SSSR count). The zero-order valence-electron chi connectivity index (χ0n) is 25.8. The fraction of sp³-hybridized carbons (Fsp3) is 0.500. The van der Waals surface area contributed by atoms with Crippen LogP contribution in [0.1, 0.15) is 102 Å². The van der Waals surface area contributed by atoms with Crippen molar-refractivity contribution in [2.24, 2.45) is 11.8 Å². The smallest absolute Gasteiger partial charge is 0.271 e. The molecule has 1 aliphatic rings. The van der Waals surface area contributed by atoms with Crippen molar-refractivity contribution in [2.75, 3.05) is 19.6 Å². The number of nitrogens with zero attached hydrogens (tertiary/aromatic N) is 3. The maximum absolute atomic E-state index is 13.5. The molecular weight excluding hydrogens is 597 g/mol. The van der Waals surface area contributed by atoms with E-state index in [-0.39, 0.29) is 53.4 Å². The second-order valence-electron chi connectivity index (χ2n) is 11.8. The lowest BCUT2D eigenvalue weighted by atomic mass is 10.0. The van der Waals surface area contributed by atoms with Crippen LogP contribution in [-0.4, -0.2) is 58.1 Å². The second kappa shape index (κ2) is 15.9. The number of rotatable bonds is 5. The maximum atomic E-state index is 13.5. The first-order chi connectivity index (χ1) is 21.1. The summed E-state index contributed by atoms with van der Waals surface area (Å²) in [6.07, 6.45) is 2.52. The highest BCUT2D eigenvalue weighted by molar-refractivity contribution is 7.10. The summed E-state index contributed by atoms with van der Waals surface area (Å²) in [4.78, 5) is 63.3. The van der Waals surface area contributed by atoms with E-state index in [0.717, 1.165) is 5.56 Å². The molecule has 12 heteroatoms. The molecule has 0 fully saturated rings. The van der Waals surface area contributed by atoms with E-state index >= 15 is 0 Å². The van der Waals surface area contributed by atoms with E-state index < -0.39 is 6.04 Å². The first kappa shape index (κ1) is 33.3. The van der Waals surface area contributed by atoms with Gasteiger partial charge in [-0.2, -0.15) is 0 Å². The lowest BCUT2D eigenvalue weighted by Crippen LogP contribution is -2.38. The van der Waals surface area contributed by atoms with E-state index in [1.54, 1.807) is 15.7 Å². The zero-order valence-corrected chi connectivity index (χ0v) is 27.4. The molecule has 4 bridgehead atoms. The van der Waals surface area contributed by atoms with Crippen LogP contribution in [0.5, 0.6) is 0 Å². The minimum absolute atomic E-state index is 0.0221. The third kappa shape index (κ3) is 9.43. The summed E-state index contributed by atoms with van der Waals surface area (Å²) >= 11 is 2.67. The SMILES string of the molecule is CC(C)C[C@@H]1NC(=O)CCCN(C(=O)C(C)C)CCCNC(=O)c2csc(n2)[C@H](Cc2ccccc2)NC(=O)c2csc1n2. The molecule has 3 aromatic rings. The lowest BCUT2D eigenvalue weighted by molar-refractivity contribution is -0.135. The molecule has 1 aromatic carbocycles. The monoisotopic (exact) mass is 638 g/mol. The third-order valence-corrected chi connectivity index (χ3v) is 9.18. The van der Waals surface area contributed by atoms with Gasteiger partial charge in [0, 0.05) is 42.7 Å². The van der Waals surface area contributed by atoms with E-state index in [4.69, 9.17) is 0 Å². The van der Waals surface area contributed by atoms with Gasteiger partial charge in [-0.15, -0.1) is 22.7 Å². The molecule has 0 aliphatic carbocycles. The Bertz CT molecular complexity index is 1420. The van der Waals surface area contributed by atoms with Crippen LogP contribution in [0, 0.1) is 11.8 Å². The summed E-state index contributed by atoms with van der Waals surface area (Å²) in [7, 11) is 0. The van der Waals surface area contributed by atoms with Gasteiger partial charge in [-0.1, -0.05) is 58.0 Å². The average molecular weight is 639 g/mol. The number of aromatic nitrogens is 2. The molecule has 0 radical (unpaired) electrons. The zero-order chi connectivity index (χ0) is 31.6. The van der Waals surface area contributed by atoms with Crippen LogP contribution < -0.4 is 16.0 Å². The molecule has 2 aromatic heterocycles. The number of thiazole rings is 2. The van der Waals surface area contributed by atoms with Gasteiger partial charge in [-0.05, 0) is 37.2 Å². The summed E-state index contributed by atoms with van der Waals surface area (Å²) in [5, 5.41) is 13.8. The number of hydrogen-bond acceptors (Lipinski definition) is 8. The van der Waals surface area contributed by atoms with Crippen molar-refractivity contribution in [3.8, 4) is 0 Å². The molecule has 0 spiro atoms. The summed E-state index contributed by atoms with van der Waals surface area (Å²) in [6, 6.07) is 8.99. The van der Waals surface area contributed by atoms with Crippen LogP contribution in [0.15, 0.2) is 41.1 Å². The minimum Gasteiger partial charge on any atom is -0.351 e. The molecule has 0 unspecified atom stereocenters. The van der Waals surface area contributed by atoms with Crippen molar-refractivity contribution >= 4 is 46.3 Å². The molecule has 4 amide bonds. The maximum Gasteiger partial charge on any atom is 0.271 e. The number of hydrogen-bond donors (Lipinski definition) is 3. The average Bonchev–Trinajstić information content (AvgIpc) is 3.68. The van der Waals surface area contributed by atoms with Crippen molar-refractivity contribution in [2.45, 2.75) is 71.9 Å². The van der Waals surface area contributed by atoms with Gasteiger partial charge < -0.3 is 20.9 Å². The van der Waals surface area contributed by atoms with Crippen LogP contribution in [0.2, 0.25) is 0 Å². The second-order valence-corrected chi connectivity index (χ2v) is 13.6. The Kier molecular flexibility index (Phi) is 12.0. The molecule has 0 saturated heterocycles. The summed E-state index contributed by atoms with van der Waals surface area (Å²) in [5.74, 6) is -0.619. The Labute approximate surface area is 267 Å². The number of nitrogens with one attached hydrogen (secondary N) is 3. The predicted molar refractivity (Wildman–Crippen MR) is 173 cm³/mol. The molecule has 0 saturated carbocycles. The number of benzene rings is 1. The normalized spacial score (nSPS) is 19.2. The minimum atomic E-state index is -0.475. The van der Waals surface area contributed by atoms with Crippen LogP contribution in [0.25, 0.3) is 0 Å². The molecular formula is C32H42N6O4S2. The quantitative estimate of drug-likeness (QED) is 0.364. The molecule has 2 atom stereocenters. The van der Waals surface area contributed by atoms with Crippen molar-refractivity contribution in [3.05, 3.63) is 68.1 Å². The van der Waals surface area contributed by atoms with Crippen molar-refractivity contribution in [3.63, 3.8) is 0 Å². The van der Waals surface area contributed by atoms with E-state index in [2.05, 4.69) is 39.8 Å². The Balaban J connectivity index is 1.62. The number of fused-ring (bicyclic) bond motifs is 4. The topological polar surface area (TPSA) is 133 Å². The Morgan fingerprint density at radius 2 is 1.52 bits per heavy atom. The molecule has 236 valence electrons. The van der Waals surface area contributed by atoms with E-state index in [0.29, 0.717) is 61.3 Å². The third-order valence-electron chi connectivity index (χ3n) is 7.26. The fourth-order valence-corrected chi connectivity index (χ4v) is 6.75. The summed E-state index contributed by atoms with van der Waals surface area (Å²) in [5.41, 5.74) is 1.58. The van der Waals surface area contributed by atoms with Gasteiger partial charge >= 0.3 is 0 Å². The number of carbonyl (C=O) groups excluding carboxylic acids is 4. The van der Waals surface area contributed by atoms with Crippen molar-refractivity contribution in [1.82, 2.24) is 30.8 Å². The Morgan fingerprint density at radius 1 is 0.886 bits per heavy atom. The fourth-order valence-electron chi connectivity index (χ4n) is 5.04. The first-order valence-corrected chi connectivity index (χ1v) is 17.0. The highest BCUT2D eigenvalue weighted by Gasteiger charge is 2.26. The largest absolute Gasteiger partial charge is 0.351 e. The predicted octanol–water partition coefficient (Wildman–Crippen LogP) is 4.92. The standard InChI is InChI=1S/C32H42N6O4S2/c1-20(2)16-23-30-37-26(19-44-30)29(41)35-24(17-22-10-6-5-7-11-22)31-36-25(18-43-31)28(40)33-13-9-15-38(32(42)21(3)4)14-8-12-27(39)34-23/h5-7,10-11,18-21,23-24H,8-9,12-17H2,1-4H3,(H,33,40)(H,34,39)(H,35,41)/t23-,24-/m0/s1. The summed E-state index contributed by atoms with van der Waals surface area (Å²) < 4.78 is 0. The van der Waals surface area contributed by atoms with E-state index in [9.17, 15) is 19.2 Å². The van der Waals surface area contributed by atoms with Crippen LogP contribution in [0.3, 0.4) is 0 Å². The lowest BCUT2D eigenvalue weighted by Gasteiger charge is -2.25. The van der Waals surface area contributed by atoms with Gasteiger partial charge in [0.05, 0.1) is 12.1 Å². The van der Waals surface area contributed by atoms with Gasteiger partial charge in [0.1, 0.15) is 21.4 Å². The number of amides is 4. The first-order valence-electron chi connectivity index (χ1n) is 15.2. The highest BCUT2D eigenvalue weighted by Crippen LogP contribution is 2.27. The Hall–Kier alpha value is -3.64. The van der Waals surface area contributed by atoms with Crippen LogP contribution >= 0.6 is 22.7 Å². The molecule has 3 N–H and O–H groups in total. The van der Waals surface area contributed by atoms with E-state index in [1.807, 2.05) is 44.2 Å². The van der Waals surface area contributed by atoms with E-state index in [1.165, 1.54) is 22.7 Å². The molecule has 1 aliphatic heterocycles. The van der Waals surface area contributed by atoms with Gasteiger partial charge in [0.15, 0.2) is 0 Å². The van der Waals surface area contributed by atoms with Gasteiger partial charge in [-0.25, -0.2) is 9.97 Å². The van der Waals surface area contributed by atoms with Gasteiger partial charge in [0.25, 0.3) is 11.8 Å². The summed E-state index contributed by atoms with van der Waals surface area (Å²) in [6.45, 7) is 9.19. The van der Waals surface area contributed by atoms with Crippen LogP contribution in [0.4, 0.5) is 0 Å². The van der Waals surface area contributed by atoms with Crippen molar-refractivity contribution < 1.29 is 19.2 Å². The molecule has 10 nitrogen and oxygen atoms in total. The van der Waals surface area contributed by atoms with Crippen LogP contribution in [-0.2, 0) is 16.0 Å². The van der Waals surface area contributed by atoms with Crippen molar-refractivity contribution in [1.29, 1.82) is 0 Å². The highest BCUT2D eigenvalue weighted by atomic mass is 32.1. The van der Waals surface area contributed by atoms with Gasteiger partial charge in [0.2, 0.25) is 11.8 Å². The Morgan fingerprint density at radius 3 is 2.18 bits per heavy atom. The number of carbonyl (C=O) groups is 4. The van der Waals surface area contributed by atoms with Gasteiger partial charge in [-0.3, -0.25) is 19.2 Å².